The molecule has 0 bridgehead atoms. The van der Waals surface area contributed by atoms with Crippen LogP contribution in [0.3, 0.4) is 0 Å². The Bertz CT molecular complexity index is 409. The molecule has 1 saturated carbocycles. The predicted molar refractivity (Wildman–Crippen MR) is 86.6 cm³/mol. The minimum absolute atomic E-state index is 0.0801. The molecule has 1 fully saturated rings. The second-order valence-corrected chi connectivity index (χ2v) is 6.71. The summed E-state index contributed by atoms with van der Waals surface area (Å²) in [5.41, 5.74) is 8.66. The second kappa shape index (κ2) is 6.76. The Morgan fingerprint density at radius 3 is 2.42 bits per heavy atom. The van der Waals surface area contributed by atoms with Crippen molar-refractivity contribution in [2.24, 2.45) is 5.73 Å². The first-order chi connectivity index (χ1) is 9.15. The van der Waals surface area contributed by atoms with Gasteiger partial charge in [-0.3, -0.25) is 0 Å². The zero-order valence-electron chi connectivity index (χ0n) is 11.8. The van der Waals surface area contributed by atoms with Crippen molar-refractivity contribution in [2.45, 2.75) is 57.4 Å². The van der Waals surface area contributed by atoms with Crippen molar-refractivity contribution in [2.75, 3.05) is 11.9 Å². The van der Waals surface area contributed by atoms with Crippen molar-refractivity contribution in [3.8, 4) is 0 Å². The van der Waals surface area contributed by atoms with Crippen LogP contribution in [0, 0.1) is 6.92 Å². The van der Waals surface area contributed by atoms with Crippen LogP contribution in [0.4, 0.5) is 5.69 Å². The zero-order valence-corrected chi connectivity index (χ0v) is 13.4. The lowest BCUT2D eigenvalue weighted by atomic mass is 9.83. The van der Waals surface area contributed by atoms with Crippen LogP contribution in [-0.4, -0.2) is 12.1 Å². The quantitative estimate of drug-likeness (QED) is 0.851. The maximum Gasteiger partial charge on any atom is 0.0496 e. The predicted octanol–water partition coefficient (Wildman–Crippen LogP) is 4.61. The lowest BCUT2D eigenvalue weighted by Crippen LogP contribution is -2.46. The third-order valence-electron chi connectivity index (χ3n) is 4.22. The van der Waals surface area contributed by atoms with Gasteiger partial charge in [-0.15, -0.1) is 0 Å². The van der Waals surface area contributed by atoms with Gasteiger partial charge < -0.3 is 11.1 Å². The van der Waals surface area contributed by atoms with E-state index in [1.807, 2.05) is 0 Å². The van der Waals surface area contributed by atoms with Gasteiger partial charge in [0.2, 0.25) is 0 Å². The van der Waals surface area contributed by atoms with E-state index < -0.39 is 0 Å². The summed E-state index contributed by atoms with van der Waals surface area (Å²) in [6, 6.07) is 6.45. The fourth-order valence-corrected chi connectivity index (χ4v) is 3.33. The first-order valence-electron chi connectivity index (χ1n) is 7.40. The van der Waals surface area contributed by atoms with E-state index in [-0.39, 0.29) is 5.54 Å². The molecule has 19 heavy (non-hydrogen) atoms. The fourth-order valence-electron chi connectivity index (χ4n) is 2.98. The Morgan fingerprint density at radius 2 is 1.79 bits per heavy atom. The van der Waals surface area contributed by atoms with E-state index in [2.05, 4.69) is 46.4 Å². The van der Waals surface area contributed by atoms with Gasteiger partial charge >= 0.3 is 0 Å². The molecule has 106 valence electrons. The molecule has 2 rings (SSSR count). The van der Waals surface area contributed by atoms with Crippen molar-refractivity contribution in [1.29, 1.82) is 0 Å². The van der Waals surface area contributed by atoms with Crippen LogP contribution < -0.4 is 11.1 Å². The van der Waals surface area contributed by atoms with Crippen LogP contribution in [0.15, 0.2) is 22.7 Å². The van der Waals surface area contributed by atoms with Crippen molar-refractivity contribution >= 4 is 21.6 Å². The van der Waals surface area contributed by atoms with Gasteiger partial charge in [-0.05, 0) is 53.4 Å². The van der Waals surface area contributed by atoms with Gasteiger partial charge in [0, 0.05) is 22.2 Å². The molecular weight excluding hydrogens is 300 g/mol. The molecule has 0 radical (unpaired) electrons. The first-order valence-corrected chi connectivity index (χ1v) is 8.19. The van der Waals surface area contributed by atoms with Gasteiger partial charge in [0.15, 0.2) is 0 Å². The van der Waals surface area contributed by atoms with E-state index in [0.29, 0.717) is 6.54 Å². The number of halogens is 1. The van der Waals surface area contributed by atoms with Crippen LogP contribution in [0.2, 0.25) is 0 Å². The van der Waals surface area contributed by atoms with Gasteiger partial charge in [-0.25, -0.2) is 0 Å². The van der Waals surface area contributed by atoms with Gasteiger partial charge in [-0.1, -0.05) is 38.2 Å². The molecule has 0 amide bonds. The smallest absolute Gasteiger partial charge is 0.0496 e. The minimum Gasteiger partial charge on any atom is -0.377 e. The van der Waals surface area contributed by atoms with Crippen LogP contribution in [0.25, 0.3) is 0 Å². The topological polar surface area (TPSA) is 38.0 Å². The molecule has 1 aliphatic carbocycles. The van der Waals surface area contributed by atoms with E-state index in [4.69, 9.17) is 5.73 Å². The summed E-state index contributed by atoms with van der Waals surface area (Å²) >= 11 is 3.64. The second-order valence-electron chi connectivity index (χ2n) is 5.86. The van der Waals surface area contributed by atoms with Crippen molar-refractivity contribution in [1.82, 2.24) is 0 Å². The van der Waals surface area contributed by atoms with Gasteiger partial charge in [0.1, 0.15) is 0 Å². The molecule has 0 saturated heterocycles. The summed E-state index contributed by atoms with van der Waals surface area (Å²) in [7, 11) is 0. The van der Waals surface area contributed by atoms with E-state index >= 15 is 0 Å². The average Bonchev–Trinajstić information content (AvgIpc) is 2.37. The van der Waals surface area contributed by atoms with E-state index in [1.165, 1.54) is 56.2 Å². The van der Waals surface area contributed by atoms with Crippen LogP contribution >= 0.6 is 15.9 Å². The third-order valence-corrected chi connectivity index (χ3v) is 4.91. The molecule has 0 aliphatic heterocycles. The number of hydrogen-bond donors (Lipinski definition) is 2. The summed E-state index contributed by atoms with van der Waals surface area (Å²) in [4.78, 5) is 0. The molecule has 0 heterocycles. The third kappa shape index (κ3) is 3.96. The monoisotopic (exact) mass is 324 g/mol. The number of benzene rings is 1. The maximum atomic E-state index is 6.12. The van der Waals surface area contributed by atoms with Crippen LogP contribution in [0.1, 0.15) is 50.5 Å². The van der Waals surface area contributed by atoms with Crippen LogP contribution in [-0.2, 0) is 0 Å². The highest BCUT2D eigenvalue weighted by Gasteiger charge is 2.29. The van der Waals surface area contributed by atoms with Gasteiger partial charge in [0.25, 0.3) is 0 Å². The lowest BCUT2D eigenvalue weighted by molar-refractivity contribution is 0.351. The summed E-state index contributed by atoms with van der Waals surface area (Å²) in [5, 5.41) is 3.75. The van der Waals surface area contributed by atoms with Crippen molar-refractivity contribution in [3.05, 3.63) is 28.2 Å². The molecule has 0 atom stereocenters. The van der Waals surface area contributed by atoms with E-state index in [1.54, 1.807) is 0 Å². The molecule has 1 aliphatic rings. The number of nitrogens with two attached hydrogens (primary N) is 1. The first kappa shape index (κ1) is 14.9. The molecular formula is C16H25BrN2. The number of hydrogen-bond acceptors (Lipinski definition) is 2. The van der Waals surface area contributed by atoms with Crippen molar-refractivity contribution < 1.29 is 0 Å². The Labute approximate surface area is 125 Å². The van der Waals surface area contributed by atoms with Gasteiger partial charge in [-0.2, -0.15) is 0 Å². The summed E-state index contributed by atoms with van der Waals surface area (Å²) in [5.74, 6) is 0. The molecule has 0 spiro atoms. The van der Waals surface area contributed by atoms with E-state index in [9.17, 15) is 0 Å². The highest BCUT2D eigenvalue weighted by atomic mass is 79.9. The number of anilines is 1. The lowest BCUT2D eigenvalue weighted by Gasteiger charge is -2.37. The fraction of sp³-hybridized carbons (Fsp3) is 0.625. The molecule has 0 aromatic heterocycles. The number of nitrogens with one attached hydrogen (secondary N) is 1. The Morgan fingerprint density at radius 1 is 1.16 bits per heavy atom. The van der Waals surface area contributed by atoms with Crippen LogP contribution in [0.5, 0.6) is 0 Å². The largest absolute Gasteiger partial charge is 0.377 e. The molecule has 3 N–H and O–H groups in total. The molecule has 1 aromatic rings. The average molecular weight is 325 g/mol. The van der Waals surface area contributed by atoms with Crippen molar-refractivity contribution in [3.63, 3.8) is 0 Å². The summed E-state index contributed by atoms with van der Waals surface area (Å²) in [6.45, 7) is 2.85. The number of rotatable bonds is 3. The SMILES string of the molecule is Cc1ccc(Br)c(NC2(CN)CCCCCCC2)c1. The number of aryl methyl sites for hydroxylation is 1. The minimum atomic E-state index is 0.0801. The highest BCUT2D eigenvalue weighted by Crippen LogP contribution is 2.32. The molecule has 1 aromatic carbocycles. The summed E-state index contributed by atoms with van der Waals surface area (Å²) in [6.07, 6.45) is 9.01. The Hall–Kier alpha value is -0.540. The van der Waals surface area contributed by atoms with Gasteiger partial charge in [0.05, 0.1) is 0 Å². The molecule has 2 nitrogen and oxygen atoms in total. The summed E-state index contributed by atoms with van der Waals surface area (Å²) < 4.78 is 1.13. The molecule has 0 unspecified atom stereocenters. The maximum absolute atomic E-state index is 6.12. The Balaban J connectivity index is 2.18. The highest BCUT2D eigenvalue weighted by molar-refractivity contribution is 9.10. The molecule has 3 heteroatoms. The van der Waals surface area contributed by atoms with E-state index in [0.717, 1.165) is 4.47 Å². The zero-order chi connectivity index (χ0) is 13.7. The standard InChI is InChI=1S/C16H25BrN2/c1-13-7-8-14(17)15(11-13)19-16(12-18)9-5-3-2-4-6-10-16/h7-8,11,19H,2-6,9-10,12,18H2,1H3. The Kier molecular flexibility index (Phi) is 5.28. The normalized spacial score (nSPS) is 19.5.